The van der Waals surface area contributed by atoms with Crippen LogP contribution in [0.25, 0.3) is 11.1 Å². The maximum Gasteiger partial charge on any atom is 0.0685 e. The van der Waals surface area contributed by atoms with Gasteiger partial charge in [0, 0.05) is 0 Å². The summed E-state index contributed by atoms with van der Waals surface area (Å²) in [5.74, 6) is 0. The number of benzene rings is 3. The first kappa shape index (κ1) is 13.1. The van der Waals surface area contributed by atoms with Crippen molar-refractivity contribution in [1.82, 2.24) is 0 Å². The van der Waals surface area contributed by atoms with Gasteiger partial charge in [0.25, 0.3) is 0 Å². The van der Waals surface area contributed by atoms with E-state index >= 15 is 0 Å². The Hall–Kier alpha value is -2.94. The molecule has 0 heterocycles. The number of para-hydroxylation sites is 1. The first-order valence-corrected chi connectivity index (χ1v) is 6.72. The number of nitroso groups, excluding NO2 is 1. The summed E-state index contributed by atoms with van der Waals surface area (Å²) in [4.78, 5) is 11.1. The number of nitrogens with zero attached hydrogens (tertiary/aromatic N) is 2. The van der Waals surface area contributed by atoms with E-state index in [4.69, 9.17) is 0 Å². The van der Waals surface area contributed by atoms with Crippen LogP contribution in [-0.2, 0) is 0 Å². The second kappa shape index (κ2) is 6.01. The van der Waals surface area contributed by atoms with Gasteiger partial charge in [-0.05, 0) is 35.4 Å². The van der Waals surface area contributed by atoms with Gasteiger partial charge >= 0.3 is 0 Å². The van der Waals surface area contributed by atoms with Gasteiger partial charge in [-0.2, -0.15) is 5.01 Å². The van der Waals surface area contributed by atoms with Crippen LogP contribution in [0.15, 0.2) is 90.2 Å². The number of hydrogen-bond donors (Lipinski definition) is 0. The topological polar surface area (TPSA) is 32.7 Å². The fourth-order valence-electron chi connectivity index (χ4n) is 2.24. The van der Waals surface area contributed by atoms with Crippen LogP contribution in [-0.4, -0.2) is 0 Å². The minimum atomic E-state index is 0.746. The molecule has 0 radical (unpaired) electrons. The highest BCUT2D eigenvalue weighted by atomic mass is 16.3. The summed E-state index contributed by atoms with van der Waals surface area (Å²) in [6.45, 7) is 0. The molecule has 0 aliphatic rings. The molecule has 3 rings (SSSR count). The van der Waals surface area contributed by atoms with Gasteiger partial charge in [0.15, 0.2) is 0 Å². The van der Waals surface area contributed by atoms with Gasteiger partial charge in [-0.25, -0.2) is 0 Å². The van der Waals surface area contributed by atoms with E-state index in [1.54, 1.807) is 0 Å². The molecule has 3 aromatic rings. The predicted molar refractivity (Wildman–Crippen MR) is 86.3 cm³/mol. The Bertz CT molecular complexity index is 709. The lowest BCUT2D eigenvalue weighted by Gasteiger charge is -2.15. The van der Waals surface area contributed by atoms with Crippen molar-refractivity contribution in [3.8, 4) is 11.1 Å². The zero-order valence-corrected chi connectivity index (χ0v) is 11.4. The van der Waals surface area contributed by atoms with E-state index in [0.717, 1.165) is 22.5 Å². The first-order chi connectivity index (χ1) is 10.4. The molecule has 0 aliphatic carbocycles. The molecule has 21 heavy (non-hydrogen) atoms. The molecule has 0 saturated carbocycles. The van der Waals surface area contributed by atoms with Crippen molar-refractivity contribution in [2.24, 2.45) is 5.29 Å². The lowest BCUT2D eigenvalue weighted by atomic mass is 10.1. The van der Waals surface area contributed by atoms with Crippen molar-refractivity contribution in [3.63, 3.8) is 0 Å². The third-order valence-corrected chi connectivity index (χ3v) is 3.30. The fourth-order valence-corrected chi connectivity index (χ4v) is 2.24. The van der Waals surface area contributed by atoms with E-state index in [0.29, 0.717) is 0 Å². The summed E-state index contributed by atoms with van der Waals surface area (Å²) in [6.07, 6.45) is 0. The van der Waals surface area contributed by atoms with Crippen molar-refractivity contribution in [1.29, 1.82) is 0 Å². The normalized spacial score (nSPS) is 10.1. The molecular formula is C18H14N2O. The largest absolute Gasteiger partial charge is 0.197 e. The molecular weight excluding hydrogens is 260 g/mol. The molecule has 0 amide bonds. The molecule has 0 aromatic heterocycles. The van der Waals surface area contributed by atoms with E-state index in [2.05, 4.69) is 17.4 Å². The van der Waals surface area contributed by atoms with Crippen LogP contribution in [0.3, 0.4) is 0 Å². The molecule has 0 N–H and O–H groups in total. The minimum absolute atomic E-state index is 0.746. The Labute approximate surface area is 123 Å². The Morgan fingerprint density at radius 1 is 0.571 bits per heavy atom. The van der Waals surface area contributed by atoms with E-state index in [-0.39, 0.29) is 0 Å². The van der Waals surface area contributed by atoms with E-state index in [1.807, 2.05) is 72.8 Å². The van der Waals surface area contributed by atoms with Gasteiger partial charge in [0.2, 0.25) is 0 Å². The molecule has 0 bridgehead atoms. The van der Waals surface area contributed by atoms with Gasteiger partial charge in [-0.15, -0.1) is 4.91 Å². The molecule has 3 aromatic carbocycles. The van der Waals surface area contributed by atoms with Gasteiger partial charge in [-0.3, -0.25) is 0 Å². The minimum Gasteiger partial charge on any atom is -0.197 e. The second-order valence-corrected chi connectivity index (χ2v) is 4.64. The highest BCUT2D eigenvalue weighted by Crippen LogP contribution is 2.28. The van der Waals surface area contributed by atoms with Crippen LogP contribution in [0.4, 0.5) is 11.4 Å². The zero-order valence-electron chi connectivity index (χ0n) is 11.4. The summed E-state index contributed by atoms with van der Waals surface area (Å²) in [5, 5.41) is 4.50. The number of hydrogen-bond acceptors (Lipinski definition) is 2. The van der Waals surface area contributed by atoms with E-state index in [1.165, 1.54) is 5.01 Å². The Morgan fingerprint density at radius 2 is 1.05 bits per heavy atom. The molecule has 102 valence electrons. The van der Waals surface area contributed by atoms with Crippen molar-refractivity contribution in [2.45, 2.75) is 0 Å². The molecule has 0 fully saturated rings. The monoisotopic (exact) mass is 274 g/mol. The molecule has 3 nitrogen and oxygen atoms in total. The van der Waals surface area contributed by atoms with Crippen LogP contribution in [0.2, 0.25) is 0 Å². The SMILES string of the molecule is O=NN(c1ccccc1)c1ccc(-c2ccccc2)cc1. The van der Waals surface area contributed by atoms with Crippen LogP contribution in [0, 0.1) is 4.91 Å². The molecule has 0 aliphatic heterocycles. The molecule has 0 unspecified atom stereocenters. The van der Waals surface area contributed by atoms with Gasteiger partial charge < -0.3 is 0 Å². The van der Waals surface area contributed by atoms with Crippen molar-refractivity contribution >= 4 is 11.4 Å². The number of anilines is 2. The Balaban J connectivity index is 1.92. The fraction of sp³-hybridized carbons (Fsp3) is 0. The first-order valence-electron chi connectivity index (χ1n) is 6.72. The average molecular weight is 274 g/mol. The maximum absolute atomic E-state index is 11.1. The van der Waals surface area contributed by atoms with Crippen LogP contribution in [0.5, 0.6) is 0 Å². The molecule has 3 heteroatoms. The quantitative estimate of drug-likeness (QED) is 0.485. The van der Waals surface area contributed by atoms with Crippen molar-refractivity contribution in [2.75, 3.05) is 5.01 Å². The summed E-state index contributed by atoms with van der Waals surface area (Å²) in [5.41, 5.74) is 3.75. The van der Waals surface area contributed by atoms with Crippen LogP contribution >= 0.6 is 0 Å². The van der Waals surface area contributed by atoms with Crippen LogP contribution < -0.4 is 5.01 Å². The molecule has 0 atom stereocenters. The third kappa shape index (κ3) is 2.82. The summed E-state index contributed by atoms with van der Waals surface area (Å²) >= 11 is 0. The van der Waals surface area contributed by atoms with Crippen molar-refractivity contribution in [3.05, 3.63) is 89.8 Å². The second-order valence-electron chi connectivity index (χ2n) is 4.64. The highest BCUT2D eigenvalue weighted by Gasteiger charge is 2.09. The predicted octanol–water partition coefficient (Wildman–Crippen LogP) is 5.17. The standard InChI is InChI=1S/C18H14N2O/c21-19-20(17-9-5-2-6-10-17)18-13-11-16(12-14-18)15-7-3-1-4-8-15/h1-14H. The van der Waals surface area contributed by atoms with Crippen molar-refractivity contribution < 1.29 is 0 Å². The summed E-state index contributed by atoms with van der Waals surface area (Å²) < 4.78 is 0. The highest BCUT2D eigenvalue weighted by molar-refractivity contribution is 5.69. The van der Waals surface area contributed by atoms with E-state index < -0.39 is 0 Å². The summed E-state index contributed by atoms with van der Waals surface area (Å²) in [7, 11) is 0. The molecule has 0 spiro atoms. The van der Waals surface area contributed by atoms with Gasteiger partial charge in [-0.1, -0.05) is 60.7 Å². The average Bonchev–Trinajstić information content (AvgIpc) is 2.58. The Kier molecular flexibility index (Phi) is 3.74. The number of rotatable bonds is 4. The van der Waals surface area contributed by atoms with E-state index in [9.17, 15) is 4.91 Å². The third-order valence-electron chi connectivity index (χ3n) is 3.30. The maximum atomic E-state index is 11.1. The van der Waals surface area contributed by atoms with Crippen LogP contribution in [0.1, 0.15) is 0 Å². The summed E-state index contributed by atoms with van der Waals surface area (Å²) in [6, 6.07) is 27.3. The Morgan fingerprint density at radius 3 is 1.62 bits per heavy atom. The smallest absolute Gasteiger partial charge is 0.0685 e. The van der Waals surface area contributed by atoms with Gasteiger partial charge in [0.05, 0.1) is 16.7 Å². The lowest BCUT2D eigenvalue weighted by molar-refractivity contribution is 1.07. The zero-order chi connectivity index (χ0) is 14.5. The lowest BCUT2D eigenvalue weighted by Crippen LogP contribution is -2.06. The molecule has 0 saturated heterocycles. The van der Waals surface area contributed by atoms with Gasteiger partial charge in [0.1, 0.15) is 0 Å².